The number of Topliss-reactive ketones (excluding diaryl/α,β-unsaturated/α-hetero) is 1. The van der Waals surface area contributed by atoms with E-state index in [4.69, 9.17) is 9.15 Å². The van der Waals surface area contributed by atoms with E-state index in [1.54, 1.807) is 48.8 Å². The number of carbonyl (C=O) groups is 2. The Morgan fingerprint density at radius 2 is 1.97 bits per heavy atom. The number of aliphatic hydroxyl groups excluding tert-OH is 1. The van der Waals surface area contributed by atoms with Crippen LogP contribution in [0.3, 0.4) is 0 Å². The predicted molar refractivity (Wildman–Crippen MR) is 147 cm³/mol. The molecule has 0 radical (unpaired) electrons. The number of nitrogens with zero attached hydrogens (tertiary/aromatic N) is 4. The van der Waals surface area contributed by atoms with Crippen molar-refractivity contribution in [3.63, 3.8) is 0 Å². The van der Waals surface area contributed by atoms with E-state index >= 15 is 0 Å². The molecule has 1 aliphatic heterocycles. The Hall–Kier alpha value is -4.48. The van der Waals surface area contributed by atoms with Gasteiger partial charge >= 0.3 is 0 Å². The van der Waals surface area contributed by atoms with Crippen LogP contribution in [0.4, 0.5) is 5.13 Å². The largest absolute Gasteiger partial charge is 0.503 e. The molecule has 9 nitrogen and oxygen atoms in total. The number of para-hydroxylation sites is 1. The maximum Gasteiger partial charge on any atom is 0.296 e. The molecule has 6 rings (SSSR count). The van der Waals surface area contributed by atoms with E-state index in [1.165, 1.54) is 35.1 Å². The number of ether oxygens (including phenoxy) is 1. The molecule has 1 N–H and O–H groups in total. The summed E-state index contributed by atoms with van der Waals surface area (Å²) in [5, 5.41) is 20.4. The maximum atomic E-state index is 13.8. The number of methoxy groups -OCH3 is 1. The number of thioether (sulfide) groups is 1. The highest BCUT2D eigenvalue weighted by Crippen LogP contribution is 2.44. The van der Waals surface area contributed by atoms with Crippen molar-refractivity contribution in [1.29, 1.82) is 0 Å². The van der Waals surface area contributed by atoms with Crippen molar-refractivity contribution < 1.29 is 23.8 Å². The molecule has 3 aromatic heterocycles. The number of furan rings is 1. The fourth-order valence-electron chi connectivity index (χ4n) is 4.41. The van der Waals surface area contributed by atoms with E-state index in [-0.39, 0.29) is 16.5 Å². The first-order chi connectivity index (χ1) is 19.0. The topological polar surface area (TPSA) is 119 Å². The molecule has 11 heteroatoms. The molecule has 4 heterocycles. The van der Waals surface area contributed by atoms with Gasteiger partial charge in [-0.15, -0.1) is 10.2 Å². The highest BCUT2D eigenvalue weighted by Gasteiger charge is 2.47. The number of hydrogen-bond donors (Lipinski definition) is 1. The van der Waals surface area contributed by atoms with Gasteiger partial charge in [0.2, 0.25) is 10.9 Å². The normalized spacial score (nSPS) is 15.4. The quantitative estimate of drug-likeness (QED) is 0.144. The molecule has 0 spiro atoms. The van der Waals surface area contributed by atoms with E-state index in [9.17, 15) is 14.7 Å². The second-order valence-corrected chi connectivity index (χ2v) is 10.7. The van der Waals surface area contributed by atoms with E-state index in [0.29, 0.717) is 32.4 Å². The standard InChI is InChI=1S/C28H20N4O5S2/c1-36-19-11-5-9-17-13-20(37-25(17)19)23(33)21-22(18-10-6-12-29-14-18)32(26(35)24(21)34)27-30-31-28(39-27)38-15-16-7-3-2-4-8-16/h2-14,22,34H,15H2,1H3. The van der Waals surface area contributed by atoms with Crippen molar-refractivity contribution in [2.45, 2.75) is 16.1 Å². The van der Waals surface area contributed by atoms with Crippen molar-refractivity contribution in [2.75, 3.05) is 12.0 Å². The number of anilines is 1. The fraction of sp³-hybridized carbons (Fsp3) is 0.107. The number of rotatable bonds is 8. The summed E-state index contributed by atoms with van der Waals surface area (Å²) in [6, 6.07) is 19.2. The summed E-state index contributed by atoms with van der Waals surface area (Å²) in [6.45, 7) is 0. The molecule has 194 valence electrons. The summed E-state index contributed by atoms with van der Waals surface area (Å²) in [6.07, 6.45) is 3.13. The first-order valence-electron chi connectivity index (χ1n) is 11.8. The Labute approximate surface area is 230 Å². The van der Waals surface area contributed by atoms with Crippen LogP contribution in [-0.4, -0.2) is 39.1 Å². The molecule has 0 bridgehead atoms. The summed E-state index contributed by atoms with van der Waals surface area (Å²) >= 11 is 2.69. The zero-order valence-corrected chi connectivity index (χ0v) is 22.1. The van der Waals surface area contributed by atoms with Gasteiger partial charge in [-0.2, -0.15) is 0 Å². The van der Waals surface area contributed by atoms with Crippen molar-refractivity contribution in [3.05, 3.63) is 107 Å². The van der Waals surface area contributed by atoms with Gasteiger partial charge in [0.1, 0.15) is 0 Å². The van der Waals surface area contributed by atoms with Gasteiger partial charge in [-0.05, 0) is 29.3 Å². The molecule has 5 aromatic rings. The average Bonchev–Trinajstić information content (AvgIpc) is 3.69. The Morgan fingerprint density at radius 1 is 1.13 bits per heavy atom. The highest BCUT2D eigenvalue weighted by atomic mass is 32.2. The van der Waals surface area contributed by atoms with Crippen molar-refractivity contribution in [2.24, 2.45) is 0 Å². The summed E-state index contributed by atoms with van der Waals surface area (Å²) in [7, 11) is 1.51. The minimum Gasteiger partial charge on any atom is -0.503 e. The van der Waals surface area contributed by atoms with Gasteiger partial charge in [-0.1, -0.05) is 71.6 Å². The minimum atomic E-state index is -0.978. The summed E-state index contributed by atoms with van der Waals surface area (Å²) in [5.41, 5.74) is 1.92. The summed E-state index contributed by atoms with van der Waals surface area (Å²) in [4.78, 5) is 32.7. The molecular weight excluding hydrogens is 536 g/mol. The van der Waals surface area contributed by atoms with Crippen LogP contribution in [0, 0.1) is 0 Å². The molecule has 0 fully saturated rings. The molecule has 39 heavy (non-hydrogen) atoms. The van der Waals surface area contributed by atoms with Gasteiger partial charge < -0.3 is 14.3 Å². The Balaban J connectivity index is 1.37. The maximum absolute atomic E-state index is 13.8. The number of fused-ring (bicyclic) bond motifs is 1. The molecular formula is C28H20N4O5S2. The van der Waals surface area contributed by atoms with Gasteiger partial charge in [-0.25, -0.2) is 0 Å². The number of pyridine rings is 1. The van der Waals surface area contributed by atoms with Crippen LogP contribution in [0.2, 0.25) is 0 Å². The van der Waals surface area contributed by atoms with Crippen LogP contribution in [0.25, 0.3) is 11.0 Å². The zero-order chi connectivity index (χ0) is 26.9. The van der Waals surface area contributed by atoms with Crippen LogP contribution in [-0.2, 0) is 10.5 Å². The van der Waals surface area contributed by atoms with Crippen molar-refractivity contribution in [1.82, 2.24) is 15.2 Å². The monoisotopic (exact) mass is 556 g/mol. The third-order valence-electron chi connectivity index (χ3n) is 6.21. The van der Waals surface area contributed by atoms with Gasteiger partial charge in [-0.3, -0.25) is 19.5 Å². The van der Waals surface area contributed by atoms with Crippen molar-refractivity contribution in [3.8, 4) is 5.75 Å². The third-order valence-corrected chi connectivity index (χ3v) is 8.34. The molecule has 0 aliphatic carbocycles. The lowest BCUT2D eigenvalue weighted by atomic mass is 9.96. The van der Waals surface area contributed by atoms with Crippen LogP contribution in [0.15, 0.2) is 99.2 Å². The Bertz CT molecular complexity index is 1720. The lowest BCUT2D eigenvalue weighted by molar-refractivity contribution is -0.117. The van der Waals surface area contributed by atoms with E-state index < -0.39 is 23.5 Å². The zero-order valence-electron chi connectivity index (χ0n) is 20.5. The molecule has 1 unspecified atom stereocenters. The third kappa shape index (κ3) is 4.55. The van der Waals surface area contributed by atoms with Gasteiger partial charge in [0.15, 0.2) is 27.2 Å². The smallest absolute Gasteiger partial charge is 0.296 e. The van der Waals surface area contributed by atoms with E-state index in [0.717, 1.165) is 5.56 Å². The second kappa shape index (κ2) is 10.4. The van der Waals surface area contributed by atoms with E-state index in [1.807, 2.05) is 30.3 Å². The number of benzene rings is 2. The molecule has 0 saturated heterocycles. The van der Waals surface area contributed by atoms with Gasteiger partial charge in [0, 0.05) is 23.5 Å². The van der Waals surface area contributed by atoms with Gasteiger partial charge in [0.25, 0.3) is 5.91 Å². The summed E-state index contributed by atoms with van der Waals surface area (Å²) in [5.74, 6) is -0.939. The lowest BCUT2D eigenvalue weighted by Gasteiger charge is -2.23. The summed E-state index contributed by atoms with van der Waals surface area (Å²) < 4.78 is 11.9. The number of ketones is 1. The molecule has 1 amide bonds. The first kappa shape index (κ1) is 24.8. The fourth-order valence-corrected chi connectivity index (χ4v) is 6.23. The van der Waals surface area contributed by atoms with Gasteiger partial charge in [0.05, 0.1) is 18.7 Å². The lowest BCUT2D eigenvalue weighted by Crippen LogP contribution is -2.31. The second-order valence-electron chi connectivity index (χ2n) is 8.57. The molecule has 1 aliphatic rings. The molecule has 2 aromatic carbocycles. The number of amides is 1. The minimum absolute atomic E-state index is 0.0315. The average molecular weight is 557 g/mol. The van der Waals surface area contributed by atoms with Crippen LogP contribution < -0.4 is 9.64 Å². The Kier molecular flexibility index (Phi) is 6.59. The highest BCUT2D eigenvalue weighted by molar-refractivity contribution is 8.00. The van der Waals surface area contributed by atoms with E-state index in [2.05, 4.69) is 15.2 Å². The van der Waals surface area contributed by atoms with Crippen LogP contribution >= 0.6 is 23.1 Å². The predicted octanol–water partition coefficient (Wildman–Crippen LogP) is 5.76. The van der Waals surface area contributed by atoms with Crippen molar-refractivity contribution >= 4 is 50.9 Å². The van der Waals surface area contributed by atoms with Crippen LogP contribution in [0.5, 0.6) is 5.75 Å². The van der Waals surface area contributed by atoms with Crippen LogP contribution in [0.1, 0.15) is 27.7 Å². The number of aromatic nitrogens is 3. The number of carbonyl (C=O) groups excluding carboxylic acids is 2. The SMILES string of the molecule is COc1cccc2cc(C(=O)C3=C(O)C(=O)N(c4nnc(SCc5ccccc5)s4)C3c3cccnc3)oc12. The number of hydrogen-bond acceptors (Lipinski definition) is 10. The first-order valence-corrected chi connectivity index (χ1v) is 13.6. The molecule has 0 saturated carbocycles. The molecule has 1 atom stereocenters. The Morgan fingerprint density at radius 3 is 2.74 bits per heavy atom. The number of aliphatic hydroxyl groups is 1.